The van der Waals surface area contributed by atoms with Crippen LogP contribution in [0.15, 0.2) is 35.3 Å². The number of hydrogen-bond acceptors (Lipinski definition) is 5. The molecule has 0 unspecified atom stereocenters. The lowest BCUT2D eigenvalue weighted by Gasteiger charge is -2.16. The van der Waals surface area contributed by atoms with Crippen molar-refractivity contribution in [2.24, 2.45) is 0 Å². The molecule has 0 fully saturated rings. The minimum Gasteiger partial charge on any atom is -0.332 e. The molecule has 1 aliphatic heterocycles. The molecular weight excluding hydrogens is 312 g/mol. The molecule has 122 valence electrons. The van der Waals surface area contributed by atoms with Crippen LogP contribution in [0.5, 0.6) is 0 Å². The van der Waals surface area contributed by atoms with Crippen LogP contribution in [-0.2, 0) is 16.1 Å². The van der Waals surface area contributed by atoms with Gasteiger partial charge in [-0.3, -0.25) is 24.6 Å². The predicted molar refractivity (Wildman–Crippen MR) is 84.9 cm³/mol. The van der Waals surface area contributed by atoms with Gasteiger partial charge in [0.2, 0.25) is 5.43 Å². The molecule has 0 aromatic carbocycles. The number of imide groups is 1. The van der Waals surface area contributed by atoms with E-state index >= 15 is 0 Å². The summed E-state index contributed by atoms with van der Waals surface area (Å²) in [6, 6.07) is 3.29. The molecule has 8 heteroatoms. The van der Waals surface area contributed by atoms with Crippen LogP contribution in [0.3, 0.4) is 0 Å². The van der Waals surface area contributed by atoms with Crippen molar-refractivity contribution in [1.29, 1.82) is 0 Å². The normalized spacial score (nSPS) is 13.8. The maximum Gasteiger partial charge on any atom is 0.275 e. The van der Waals surface area contributed by atoms with E-state index < -0.39 is 23.2 Å². The Morgan fingerprint density at radius 2 is 1.83 bits per heavy atom. The molecule has 0 bridgehead atoms. The number of nitrogens with one attached hydrogen (secondary N) is 1. The first-order chi connectivity index (χ1) is 11.4. The molecule has 3 rings (SSSR count). The fraction of sp³-hybridized carbons (Fsp3) is 0.188. The maximum absolute atomic E-state index is 12.6. The summed E-state index contributed by atoms with van der Waals surface area (Å²) in [5, 5.41) is 0.864. The van der Waals surface area contributed by atoms with Crippen LogP contribution in [0.4, 0.5) is 0 Å². The number of nitrogens with zero attached hydrogens (tertiary/aromatic N) is 3. The number of hydrogen-bond donors (Lipinski definition) is 1. The average molecular weight is 326 g/mol. The summed E-state index contributed by atoms with van der Waals surface area (Å²) in [5.74, 6) is -2.15. The largest absolute Gasteiger partial charge is 0.332 e. The van der Waals surface area contributed by atoms with Gasteiger partial charge in [-0.15, -0.1) is 0 Å². The van der Waals surface area contributed by atoms with Gasteiger partial charge in [-0.2, -0.15) is 5.01 Å². The summed E-state index contributed by atoms with van der Waals surface area (Å²) < 4.78 is 1.67. The predicted octanol–water partition coefficient (Wildman–Crippen LogP) is 0.295. The highest BCUT2D eigenvalue weighted by atomic mass is 16.2. The molecule has 24 heavy (non-hydrogen) atoms. The topological polar surface area (TPSA) is 101 Å². The molecule has 2 aromatic rings. The molecule has 1 aliphatic rings. The van der Waals surface area contributed by atoms with Crippen LogP contribution in [-0.4, -0.2) is 32.3 Å². The van der Waals surface area contributed by atoms with E-state index in [2.05, 4.69) is 10.4 Å². The van der Waals surface area contributed by atoms with Crippen molar-refractivity contribution in [1.82, 2.24) is 20.0 Å². The second-order valence-electron chi connectivity index (χ2n) is 5.27. The summed E-state index contributed by atoms with van der Waals surface area (Å²) in [6.07, 6.45) is 3.46. The summed E-state index contributed by atoms with van der Waals surface area (Å²) in [7, 11) is 0. The zero-order chi connectivity index (χ0) is 17.4. The first kappa shape index (κ1) is 15.6. The zero-order valence-corrected chi connectivity index (χ0v) is 13.1. The van der Waals surface area contributed by atoms with Crippen LogP contribution in [0.1, 0.15) is 23.0 Å². The third-order valence-corrected chi connectivity index (χ3v) is 3.67. The van der Waals surface area contributed by atoms with E-state index in [9.17, 15) is 19.2 Å². The lowest BCUT2D eigenvalue weighted by atomic mass is 10.1. The van der Waals surface area contributed by atoms with Crippen molar-refractivity contribution in [3.8, 4) is 0 Å². The lowest BCUT2D eigenvalue weighted by molar-refractivity contribution is -0.139. The van der Waals surface area contributed by atoms with Crippen molar-refractivity contribution in [2.45, 2.75) is 20.4 Å². The number of rotatable bonds is 3. The number of fused-ring (bicyclic) bond motifs is 1. The quantitative estimate of drug-likeness (QED) is 0.817. The maximum atomic E-state index is 12.6. The van der Waals surface area contributed by atoms with Crippen LogP contribution >= 0.6 is 0 Å². The zero-order valence-electron chi connectivity index (χ0n) is 13.1. The van der Waals surface area contributed by atoms with Crippen LogP contribution in [0, 0.1) is 6.92 Å². The van der Waals surface area contributed by atoms with E-state index in [-0.39, 0.29) is 5.56 Å². The monoisotopic (exact) mass is 326 g/mol. The van der Waals surface area contributed by atoms with Gasteiger partial charge in [0.1, 0.15) is 11.2 Å². The van der Waals surface area contributed by atoms with Gasteiger partial charge in [-0.05, 0) is 26.0 Å². The van der Waals surface area contributed by atoms with Crippen molar-refractivity contribution < 1.29 is 14.4 Å². The van der Waals surface area contributed by atoms with Crippen molar-refractivity contribution in [3.63, 3.8) is 0 Å². The molecule has 0 saturated carbocycles. The molecule has 0 saturated heterocycles. The van der Waals surface area contributed by atoms with Gasteiger partial charge in [0.05, 0.1) is 5.39 Å². The molecule has 0 spiro atoms. The van der Waals surface area contributed by atoms with E-state index in [0.717, 1.165) is 17.8 Å². The smallest absolute Gasteiger partial charge is 0.275 e. The molecule has 8 nitrogen and oxygen atoms in total. The SMILES string of the molecule is CCn1cc(C(=O)NN2C(=O)C=CC2=O)c(=O)c2ccc(C)nc21. The number of aryl methyl sites for hydroxylation is 2. The van der Waals surface area contributed by atoms with Gasteiger partial charge in [-0.25, -0.2) is 4.98 Å². The highest BCUT2D eigenvalue weighted by molar-refractivity contribution is 6.14. The van der Waals surface area contributed by atoms with Gasteiger partial charge in [0.15, 0.2) is 0 Å². The number of aromatic nitrogens is 2. The van der Waals surface area contributed by atoms with E-state index in [1.807, 2.05) is 13.8 Å². The Kier molecular flexibility index (Phi) is 3.72. The minimum absolute atomic E-state index is 0.164. The fourth-order valence-electron chi connectivity index (χ4n) is 2.43. The number of carbonyl (C=O) groups excluding carboxylic acids is 3. The van der Waals surface area contributed by atoms with Crippen molar-refractivity contribution >= 4 is 28.8 Å². The van der Waals surface area contributed by atoms with E-state index in [4.69, 9.17) is 0 Å². The lowest BCUT2D eigenvalue weighted by Crippen LogP contribution is -2.47. The van der Waals surface area contributed by atoms with Gasteiger partial charge in [0.25, 0.3) is 17.7 Å². The number of hydrazine groups is 1. The fourth-order valence-corrected chi connectivity index (χ4v) is 2.43. The highest BCUT2D eigenvalue weighted by Gasteiger charge is 2.27. The van der Waals surface area contributed by atoms with E-state index in [0.29, 0.717) is 22.6 Å². The third-order valence-electron chi connectivity index (χ3n) is 3.67. The van der Waals surface area contributed by atoms with Gasteiger partial charge < -0.3 is 4.57 Å². The Balaban J connectivity index is 2.06. The molecular formula is C16H14N4O4. The second-order valence-corrected chi connectivity index (χ2v) is 5.27. The van der Waals surface area contributed by atoms with Gasteiger partial charge in [-0.1, -0.05) is 0 Å². The molecule has 0 atom stereocenters. The average Bonchev–Trinajstić information content (AvgIpc) is 2.87. The number of carbonyl (C=O) groups is 3. The standard InChI is InChI=1S/C16H14N4O4/c1-3-19-8-11(14(23)10-5-4-9(2)17-15(10)19)16(24)18-20-12(21)6-7-13(20)22/h4-8H,3H2,1-2H3,(H,18,24). The van der Waals surface area contributed by atoms with Crippen molar-refractivity contribution in [3.05, 3.63) is 52.0 Å². The first-order valence-electron chi connectivity index (χ1n) is 7.30. The Morgan fingerprint density at radius 1 is 1.17 bits per heavy atom. The van der Waals surface area contributed by atoms with Crippen LogP contribution in [0.2, 0.25) is 0 Å². The van der Waals surface area contributed by atoms with Crippen LogP contribution in [0.25, 0.3) is 11.0 Å². The summed E-state index contributed by atoms with van der Waals surface area (Å²) >= 11 is 0. The summed E-state index contributed by atoms with van der Waals surface area (Å²) in [4.78, 5) is 52.3. The van der Waals surface area contributed by atoms with E-state index in [1.165, 1.54) is 6.20 Å². The molecule has 0 aliphatic carbocycles. The Bertz CT molecular complexity index is 956. The second kappa shape index (κ2) is 5.73. The summed E-state index contributed by atoms with van der Waals surface area (Å²) in [5.41, 5.74) is 2.72. The van der Waals surface area contributed by atoms with Crippen LogP contribution < -0.4 is 10.9 Å². The molecule has 0 radical (unpaired) electrons. The third kappa shape index (κ3) is 2.47. The Hall–Kier alpha value is -3.29. The summed E-state index contributed by atoms with van der Waals surface area (Å²) in [6.45, 7) is 4.16. The Morgan fingerprint density at radius 3 is 2.46 bits per heavy atom. The van der Waals surface area contributed by atoms with Gasteiger partial charge >= 0.3 is 0 Å². The van der Waals surface area contributed by atoms with E-state index in [1.54, 1.807) is 16.7 Å². The molecule has 3 amide bonds. The molecule has 1 N–H and O–H groups in total. The number of amides is 3. The number of pyridine rings is 2. The highest BCUT2D eigenvalue weighted by Crippen LogP contribution is 2.11. The van der Waals surface area contributed by atoms with Crippen molar-refractivity contribution in [2.75, 3.05) is 0 Å². The molecule has 2 aromatic heterocycles. The molecule has 3 heterocycles. The van der Waals surface area contributed by atoms with Gasteiger partial charge in [0, 0.05) is 30.6 Å². The first-order valence-corrected chi connectivity index (χ1v) is 7.30. The Labute approximate surface area is 136 Å². The minimum atomic E-state index is -0.824.